The lowest BCUT2D eigenvalue weighted by atomic mass is 10.2. The number of nitrogens with two attached hydrogens (primary N) is 1. The second kappa shape index (κ2) is 4.59. The summed E-state index contributed by atoms with van der Waals surface area (Å²) < 4.78 is 19.5. The van der Waals surface area contributed by atoms with E-state index in [-0.39, 0.29) is 6.61 Å². The van der Waals surface area contributed by atoms with E-state index in [0.717, 1.165) is 10.8 Å². The first-order valence-electron chi connectivity index (χ1n) is 4.97. The van der Waals surface area contributed by atoms with Crippen molar-refractivity contribution in [1.29, 1.82) is 0 Å². The average molecular weight is 264 g/mol. The summed E-state index contributed by atoms with van der Waals surface area (Å²) in [6, 6.07) is 0. The summed E-state index contributed by atoms with van der Waals surface area (Å²) in [6.07, 6.45) is -0.0232. The third-order valence-electron chi connectivity index (χ3n) is 2.54. The Balaban J connectivity index is 2.35. The van der Waals surface area contributed by atoms with E-state index in [1.54, 1.807) is 0 Å². The second-order valence-electron chi connectivity index (χ2n) is 3.75. The van der Waals surface area contributed by atoms with Crippen LogP contribution >= 0.6 is 11.6 Å². The molecule has 0 bridgehead atoms. The van der Waals surface area contributed by atoms with Crippen molar-refractivity contribution >= 4 is 17.4 Å². The molecule has 1 aromatic rings. The molecular weight excluding hydrogens is 253 g/mol. The zero-order valence-corrected chi connectivity index (χ0v) is 9.47. The lowest BCUT2D eigenvalue weighted by molar-refractivity contribution is -0.0241. The van der Waals surface area contributed by atoms with E-state index in [0.29, 0.717) is 6.42 Å². The Morgan fingerprint density at radius 3 is 3.06 bits per heavy atom. The van der Waals surface area contributed by atoms with Crippen LogP contribution in [-0.4, -0.2) is 32.7 Å². The van der Waals surface area contributed by atoms with Gasteiger partial charge in [0.05, 0.1) is 24.3 Å². The number of aliphatic hydroxyl groups is 1. The maximum Gasteiger partial charge on any atom is 0.351 e. The molecular formula is C9H11ClFN3O3. The first-order valence-corrected chi connectivity index (χ1v) is 5.41. The molecule has 1 aliphatic rings. The Labute approximate surface area is 101 Å². The van der Waals surface area contributed by atoms with Crippen molar-refractivity contribution in [2.75, 3.05) is 12.3 Å². The van der Waals surface area contributed by atoms with E-state index >= 15 is 0 Å². The second-order valence-corrected chi connectivity index (χ2v) is 4.31. The molecule has 1 aromatic heterocycles. The molecule has 2 heterocycles. The lowest BCUT2D eigenvalue weighted by Crippen LogP contribution is -2.31. The lowest BCUT2D eigenvalue weighted by Gasteiger charge is -2.16. The van der Waals surface area contributed by atoms with Gasteiger partial charge in [-0.1, -0.05) is 0 Å². The monoisotopic (exact) mass is 263 g/mol. The number of nitrogen functional groups attached to an aromatic ring is 1. The number of ether oxygens (including phenoxy) is 1. The molecule has 8 heteroatoms. The van der Waals surface area contributed by atoms with Crippen LogP contribution in [0.4, 0.5) is 10.2 Å². The Morgan fingerprint density at radius 1 is 1.76 bits per heavy atom. The fourth-order valence-corrected chi connectivity index (χ4v) is 2.08. The molecule has 1 saturated heterocycles. The predicted molar refractivity (Wildman–Crippen MR) is 58.1 cm³/mol. The summed E-state index contributed by atoms with van der Waals surface area (Å²) in [4.78, 5) is 14.8. The van der Waals surface area contributed by atoms with Gasteiger partial charge in [-0.15, -0.1) is 11.6 Å². The standard InChI is InChI=1S/C9H11ClFN3O3/c10-5-1-4(3-15)17-8(5)14-2-6(11)7(12)13-9(14)16/h2,4-5,8,15H,1,3H2,(H2,12,13,16). The van der Waals surface area contributed by atoms with Gasteiger partial charge in [0.1, 0.15) is 0 Å². The van der Waals surface area contributed by atoms with Crippen LogP contribution in [0.5, 0.6) is 0 Å². The van der Waals surface area contributed by atoms with Gasteiger partial charge < -0.3 is 15.6 Å². The number of halogens is 2. The first kappa shape index (κ1) is 12.3. The molecule has 0 spiro atoms. The van der Waals surface area contributed by atoms with Gasteiger partial charge in [-0.3, -0.25) is 4.57 Å². The Hall–Kier alpha value is -1.18. The average Bonchev–Trinajstić information content (AvgIpc) is 2.65. The minimum absolute atomic E-state index is 0.209. The van der Waals surface area contributed by atoms with Gasteiger partial charge in [-0.2, -0.15) is 4.98 Å². The van der Waals surface area contributed by atoms with Crippen LogP contribution in [0, 0.1) is 5.82 Å². The Bertz CT molecular complexity index is 481. The van der Waals surface area contributed by atoms with Gasteiger partial charge >= 0.3 is 5.69 Å². The van der Waals surface area contributed by atoms with E-state index in [1.807, 2.05) is 0 Å². The van der Waals surface area contributed by atoms with Crippen molar-refractivity contribution in [3.63, 3.8) is 0 Å². The molecule has 1 fully saturated rings. The molecule has 0 aromatic carbocycles. The van der Waals surface area contributed by atoms with Crippen LogP contribution in [0.1, 0.15) is 12.6 Å². The number of aliphatic hydroxyl groups excluding tert-OH is 1. The molecule has 0 aliphatic carbocycles. The van der Waals surface area contributed by atoms with Crippen LogP contribution in [0.25, 0.3) is 0 Å². The highest BCUT2D eigenvalue weighted by molar-refractivity contribution is 6.21. The number of nitrogens with zero attached hydrogens (tertiary/aromatic N) is 2. The molecule has 0 saturated carbocycles. The number of hydrogen-bond acceptors (Lipinski definition) is 5. The van der Waals surface area contributed by atoms with Crippen LogP contribution in [0.2, 0.25) is 0 Å². The summed E-state index contributed by atoms with van der Waals surface area (Å²) in [6.45, 7) is -0.209. The molecule has 0 amide bonds. The molecule has 94 valence electrons. The van der Waals surface area contributed by atoms with Crippen LogP contribution in [0.3, 0.4) is 0 Å². The zero-order chi connectivity index (χ0) is 12.6. The van der Waals surface area contributed by atoms with Crippen molar-refractivity contribution < 1.29 is 14.2 Å². The van der Waals surface area contributed by atoms with Gasteiger partial charge in [-0.05, 0) is 6.42 Å². The molecule has 3 atom stereocenters. The maximum absolute atomic E-state index is 13.2. The normalized spacial score (nSPS) is 28.5. The van der Waals surface area contributed by atoms with Crippen LogP contribution in [-0.2, 0) is 4.74 Å². The number of rotatable bonds is 2. The van der Waals surface area contributed by atoms with Crippen molar-refractivity contribution in [2.45, 2.75) is 24.1 Å². The number of hydrogen-bond donors (Lipinski definition) is 2. The fourth-order valence-electron chi connectivity index (χ4n) is 1.70. The minimum Gasteiger partial charge on any atom is -0.394 e. The molecule has 3 N–H and O–H groups in total. The highest BCUT2D eigenvalue weighted by Crippen LogP contribution is 2.31. The van der Waals surface area contributed by atoms with Gasteiger partial charge in [-0.25, -0.2) is 9.18 Å². The van der Waals surface area contributed by atoms with E-state index in [1.165, 1.54) is 0 Å². The van der Waals surface area contributed by atoms with Crippen molar-refractivity contribution in [3.05, 3.63) is 22.5 Å². The molecule has 3 unspecified atom stereocenters. The molecule has 17 heavy (non-hydrogen) atoms. The molecule has 1 aliphatic heterocycles. The summed E-state index contributed by atoms with van der Waals surface area (Å²) in [7, 11) is 0. The quantitative estimate of drug-likeness (QED) is 0.725. The van der Waals surface area contributed by atoms with Crippen LogP contribution < -0.4 is 11.4 Å². The molecule has 2 rings (SSSR count). The van der Waals surface area contributed by atoms with Gasteiger partial charge in [0.25, 0.3) is 0 Å². The third-order valence-corrected chi connectivity index (χ3v) is 2.93. The van der Waals surface area contributed by atoms with E-state index in [2.05, 4.69) is 4.98 Å². The maximum atomic E-state index is 13.2. The van der Waals surface area contributed by atoms with Crippen molar-refractivity contribution in [1.82, 2.24) is 9.55 Å². The summed E-state index contributed by atoms with van der Waals surface area (Å²) in [5, 5.41) is 8.40. The number of anilines is 1. The zero-order valence-electron chi connectivity index (χ0n) is 8.72. The molecule has 0 radical (unpaired) electrons. The van der Waals surface area contributed by atoms with Crippen molar-refractivity contribution in [2.24, 2.45) is 0 Å². The number of alkyl halides is 1. The van der Waals surface area contributed by atoms with Crippen LogP contribution in [0.15, 0.2) is 11.0 Å². The minimum atomic E-state index is -0.844. The van der Waals surface area contributed by atoms with E-state index in [9.17, 15) is 9.18 Å². The first-order chi connectivity index (χ1) is 8.02. The van der Waals surface area contributed by atoms with Gasteiger partial charge in [0, 0.05) is 0 Å². The SMILES string of the molecule is Nc1nc(=O)n(C2OC(CO)CC2Cl)cc1F. The predicted octanol–water partition coefficient (Wildman–Crippen LogP) is -0.148. The number of aromatic nitrogens is 2. The van der Waals surface area contributed by atoms with Gasteiger partial charge in [0.2, 0.25) is 0 Å². The Morgan fingerprint density at radius 2 is 2.47 bits per heavy atom. The fraction of sp³-hybridized carbons (Fsp3) is 0.556. The molecule has 6 nitrogen and oxygen atoms in total. The topological polar surface area (TPSA) is 90.4 Å². The van der Waals surface area contributed by atoms with E-state index in [4.69, 9.17) is 27.2 Å². The Kier molecular flexibility index (Phi) is 3.32. The van der Waals surface area contributed by atoms with Crippen molar-refractivity contribution in [3.8, 4) is 0 Å². The summed E-state index contributed by atoms with van der Waals surface area (Å²) >= 11 is 5.97. The smallest absolute Gasteiger partial charge is 0.351 e. The highest BCUT2D eigenvalue weighted by atomic mass is 35.5. The largest absolute Gasteiger partial charge is 0.394 e. The summed E-state index contributed by atoms with van der Waals surface area (Å²) in [5.74, 6) is -1.28. The third kappa shape index (κ3) is 2.26. The summed E-state index contributed by atoms with van der Waals surface area (Å²) in [5.41, 5.74) is 4.43. The highest BCUT2D eigenvalue weighted by Gasteiger charge is 2.35. The van der Waals surface area contributed by atoms with E-state index < -0.39 is 35.0 Å². The van der Waals surface area contributed by atoms with Gasteiger partial charge in [0.15, 0.2) is 17.9 Å².